The van der Waals surface area contributed by atoms with E-state index in [9.17, 15) is 9.59 Å². The quantitative estimate of drug-likeness (QED) is 0.478. The van der Waals surface area contributed by atoms with E-state index < -0.39 is 0 Å². The Morgan fingerprint density at radius 3 is 2.09 bits per heavy atom. The molecule has 0 aromatic carbocycles. The van der Waals surface area contributed by atoms with Gasteiger partial charge in [0, 0.05) is 52.9 Å². The molecule has 6 nitrogen and oxygen atoms in total. The number of ether oxygens (including phenoxy) is 2. The van der Waals surface area contributed by atoms with Gasteiger partial charge in [0.05, 0.1) is 0 Å². The zero-order chi connectivity index (χ0) is 16.6. The zero-order valence-corrected chi connectivity index (χ0v) is 14.3. The normalized spacial score (nSPS) is 12.0. The number of rotatable bonds is 14. The molecule has 0 aliphatic carbocycles. The maximum Gasteiger partial charge on any atom is 0.220 e. The van der Waals surface area contributed by atoms with Crippen molar-refractivity contribution in [1.29, 1.82) is 0 Å². The Bertz CT molecular complexity index is 298. The molecule has 0 aromatic heterocycles. The molecule has 0 saturated heterocycles. The molecule has 0 rings (SSSR count). The fraction of sp³-hybridized carbons (Fsp3) is 0.875. The summed E-state index contributed by atoms with van der Waals surface area (Å²) < 4.78 is 9.82. The molecule has 0 spiro atoms. The topological polar surface area (TPSA) is 76.7 Å². The van der Waals surface area contributed by atoms with E-state index in [-0.39, 0.29) is 17.9 Å². The molecule has 0 bridgehead atoms. The summed E-state index contributed by atoms with van der Waals surface area (Å²) in [4.78, 5) is 23.0. The van der Waals surface area contributed by atoms with Gasteiger partial charge >= 0.3 is 0 Å². The zero-order valence-electron chi connectivity index (χ0n) is 14.3. The number of nitrogens with one attached hydrogen (secondary N) is 2. The molecule has 2 amide bonds. The standard InChI is InChI=1S/C16H32N2O4/c1-14(18-16(20)10-7-13-22-3)8-4-5-11-17-15(19)9-6-12-21-2/h14H,4-13H2,1-3H3,(H,17,19)(H,18,20). The summed E-state index contributed by atoms with van der Waals surface area (Å²) in [5.41, 5.74) is 0. The Hall–Kier alpha value is -1.14. The molecule has 1 atom stereocenters. The van der Waals surface area contributed by atoms with Gasteiger partial charge in [-0.15, -0.1) is 0 Å². The first kappa shape index (κ1) is 20.9. The lowest BCUT2D eigenvalue weighted by molar-refractivity contribution is -0.122. The molecule has 0 aliphatic rings. The van der Waals surface area contributed by atoms with Crippen LogP contribution in [-0.2, 0) is 19.1 Å². The molecule has 2 N–H and O–H groups in total. The van der Waals surface area contributed by atoms with E-state index in [0.717, 1.165) is 32.1 Å². The first-order chi connectivity index (χ1) is 10.6. The van der Waals surface area contributed by atoms with Crippen LogP contribution in [0.1, 0.15) is 51.9 Å². The van der Waals surface area contributed by atoms with Crippen LogP contribution in [0, 0.1) is 0 Å². The predicted octanol–water partition coefficient (Wildman–Crippen LogP) is 1.63. The van der Waals surface area contributed by atoms with Crippen molar-refractivity contribution in [1.82, 2.24) is 10.6 Å². The van der Waals surface area contributed by atoms with E-state index in [1.165, 1.54) is 0 Å². The van der Waals surface area contributed by atoms with Crippen molar-refractivity contribution in [3.05, 3.63) is 0 Å². The minimum Gasteiger partial charge on any atom is -0.385 e. The lowest BCUT2D eigenvalue weighted by atomic mass is 10.1. The van der Waals surface area contributed by atoms with E-state index in [2.05, 4.69) is 10.6 Å². The Labute approximate surface area is 134 Å². The van der Waals surface area contributed by atoms with Crippen LogP contribution in [0.3, 0.4) is 0 Å². The average Bonchev–Trinajstić information content (AvgIpc) is 2.47. The summed E-state index contributed by atoms with van der Waals surface area (Å²) in [5.74, 6) is 0.160. The predicted molar refractivity (Wildman–Crippen MR) is 86.7 cm³/mol. The van der Waals surface area contributed by atoms with Gasteiger partial charge in [-0.1, -0.05) is 0 Å². The van der Waals surface area contributed by atoms with E-state index in [0.29, 0.717) is 32.6 Å². The molecule has 130 valence electrons. The monoisotopic (exact) mass is 316 g/mol. The summed E-state index contributed by atoms with van der Waals surface area (Å²) >= 11 is 0. The first-order valence-corrected chi connectivity index (χ1v) is 8.14. The Morgan fingerprint density at radius 1 is 0.909 bits per heavy atom. The van der Waals surface area contributed by atoms with Crippen molar-refractivity contribution < 1.29 is 19.1 Å². The fourth-order valence-corrected chi connectivity index (χ4v) is 2.07. The summed E-state index contributed by atoms with van der Waals surface area (Å²) in [7, 11) is 3.27. The second-order valence-electron chi connectivity index (χ2n) is 5.51. The minimum atomic E-state index is 0.0796. The van der Waals surface area contributed by atoms with Gasteiger partial charge in [0.2, 0.25) is 11.8 Å². The van der Waals surface area contributed by atoms with Crippen LogP contribution in [0.2, 0.25) is 0 Å². The molecule has 22 heavy (non-hydrogen) atoms. The Morgan fingerprint density at radius 2 is 1.50 bits per heavy atom. The highest BCUT2D eigenvalue weighted by molar-refractivity contribution is 5.76. The van der Waals surface area contributed by atoms with Gasteiger partial charge < -0.3 is 20.1 Å². The van der Waals surface area contributed by atoms with Crippen LogP contribution in [0.15, 0.2) is 0 Å². The van der Waals surface area contributed by atoms with Gasteiger partial charge in [0.1, 0.15) is 0 Å². The van der Waals surface area contributed by atoms with Gasteiger partial charge in [0.15, 0.2) is 0 Å². The Kier molecular flexibility index (Phi) is 14.0. The number of carbonyl (C=O) groups excluding carboxylic acids is 2. The third-order valence-corrected chi connectivity index (χ3v) is 3.30. The second kappa shape index (κ2) is 14.8. The van der Waals surface area contributed by atoms with E-state index in [1.54, 1.807) is 14.2 Å². The highest BCUT2D eigenvalue weighted by Crippen LogP contribution is 2.01. The van der Waals surface area contributed by atoms with Crippen LogP contribution < -0.4 is 10.6 Å². The number of amides is 2. The van der Waals surface area contributed by atoms with Gasteiger partial charge in [0.25, 0.3) is 0 Å². The number of hydrogen-bond donors (Lipinski definition) is 2. The van der Waals surface area contributed by atoms with Crippen LogP contribution in [0.5, 0.6) is 0 Å². The van der Waals surface area contributed by atoms with E-state index >= 15 is 0 Å². The molecule has 6 heteroatoms. The van der Waals surface area contributed by atoms with Gasteiger partial charge in [-0.25, -0.2) is 0 Å². The fourth-order valence-electron chi connectivity index (χ4n) is 2.07. The number of methoxy groups -OCH3 is 2. The number of unbranched alkanes of at least 4 members (excludes halogenated alkanes) is 1. The lowest BCUT2D eigenvalue weighted by Gasteiger charge is -2.14. The first-order valence-electron chi connectivity index (χ1n) is 8.14. The highest BCUT2D eigenvalue weighted by atomic mass is 16.5. The maximum atomic E-state index is 11.6. The third kappa shape index (κ3) is 13.8. The van der Waals surface area contributed by atoms with Crippen molar-refractivity contribution >= 4 is 11.8 Å². The molecule has 1 unspecified atom stereocenters. The summed E-state index contributed by atoms with van der Waals surface area (Å²) in [6.07, 6.45) is 5.38. The van der Waals surface area contributed by atoms with Crippen LogP contribution in [0.25, 0.3) is 0 Å². The number of carbonyl (C=O) groups is 2. The van der Waals surface area contributed by atoms with E-state index in [1.807, 2.05) is 6.92 Å². The van der Waals surface area contributed by atoms with Crippen molar-refractivity contribution in [2.75, 3.05) is 34.0 Å². The summed E-state index contributed by atoms with van der Waals surface area (Å²) in [6.45, 7) is 3.94. The van der Waals surface area contributed by atoms with Crippen molar-refractivity contribution in [3.63, 3.8) is 0 Å². The third-order valence-electron chi connectivity index (χ3n) is 3.30. The van der Waals surface area contributed by atoms with Crippen LogP contribution in [0.4, 0.5) is 0 Å². The lowest BCUT2D eigenvalue weighted by Crippen LogP contribution is -2.32. The average molecular weight is 316 g/mol. The molecular weight excluding hydrogens is 284 g/mol. The molecule has 0 radical (unpaired) electrons. The van der Waals surface area contributed by atoms with Gasteiger partial charge in [-0.3, -0.25) is 9.59 Å². The maximum absolute atomic E-state index is 11.6. The van der Waals surface area contributed by atoms with Crippen LogP contribution in [-0.4, -0.2) is 51.8 Å². The molecule has 0 heterocycles. The Balaban J connectivity index is 3.46. The van der Waals surface area contributed by atoms with Gasteiger partial charge in [-0.2, -0.15) is 0 Å². The second-order valence-corrected chi connectivity index (χ2v) is 5.51. The van der Waals surface area contributed by atoms with Crippen molar-refractivity contribution in [2.45, 2.75) is 57.9 Å². The minimum absolute atomic E-state index is 0.0796. The largest absolute Gasteiger partial charge is 0.385 e. The smallest absolute Gasteiger partial charge is 0.220 e. The molecule has 0 saturated carbocycles. The van der Waals surface area contributed by atoms with Crippen molar-refractivity contribution in [3.8, 4) is 0 Å². The summed E-state index contributed by atoms with van der Waals surface area (Å²) in [6, 6.07) is 0.174. The van der Waals surface area contributed by atoms with E-state index in [4.69, 9.17) is 9.47 Å². The number of hydrogen-bond acceptors (Lipinski definition) is 4. The molecule has 0 aliphatic heterocycles. The molecular formula is C16H32N2O4. The van der Waals surface area contributed by atoms with Gasteiger partial charge in [-0.05, 0) is 39.0 Å². The summed E-state index contributed by atoms with van der Waals surface area (Å²) in [5, 5.41) is 5.87. The highest BCUT2D eigenvalue weighted by Gasteiger charge is 2.07. The molecule has 0 fully saturated rings. The van der Waals surface area contributed by atoms with Crippen molar-refractivity contribution in [2.24, 2.45) is 0 Å². The van der Waals surface area contributed by atoms with Crippen LogP contribution >= 0.6 is 0 Å². The SMILES string of the molecule is COCCCC(=O)NCCCCC(C)NC(=O)CCCOC. The molecule has 0 aromatic rings.